The molecule has 0 aliphatic rings. The number of benzene rings is 1. The van der Waals surface area contributed by atoms with Crippen LogP contribution in [0.1, 0.15) is 37.0 Å². The molecule has 1 aromatic carbocycles. The zero-order valence-electron chi connectivity index (χ0n) is 12.7. The number of furan rings is 1. The predicted octanol–water partition coefficient (Wildman–Crippen LogP) is 3.72. The molecule has 1 atom stereocenters. The lowest BCUT2D eigenvalue weighted by atomic mass is 9.97. The van der Waals surface area contributed by atoms with Crippen LogP contribution in [0.5, 0.6) is 0 Å². The van der Waals surface area contributed by atoms with E-state index in [9.17, 15) is 4.79 Å². The van der Waals surface area contributed by atoms with Crippen LogP contribution < -0.4 is 0 Å². The molecule has 1 amide bonds. The average molecular weight is 296 g/mol. The third kappa shape index (κ3) is 4.49. The average Bonchev–Trinajstić information content (AvgIpc) is 3.05. The van der Waals surface area contributed by atoms with Gasteiger partial charge in [-0.2, -0.15) is 5.26 Å². The van der Waals surface area contributed by atoms with Crippen molar-refractivity contribution in [3.8, 4) is 6.07 Å². The van der Waals surface area contributed by atoms with E-state index in [-0.39, 0.29) is 11.8 Å². The van der Waals surface area contributed by atoms with Crippen LogP contribution in [-0.4, -0.2) is 17.4 Å². The second-order valence-corrected chi connectivity index (χ2v) is 5.32. The lowest BCUT2D eigenvalue weighted by Gasteiger charge is -2.22. The highest BCUT2D eigenvalue weighted by molar-refractivity contribution is 5.77. The minimum atomic E-state index is 0.0444. The van der Waals surface area contributed by atoms with E-state index in [1.54, 1.807) is 17.2 Å². The first-order chi connectivity index (χ1) is 10.7. The molecule has 22 heavy (non-hydrogen) atoms. The molecular weight excluding hydrogens is 276 g/mol. The zero-order valence-corrected chi connectivity index (χ0v) is 12.7. The van der Waals surface area contributed by atoms with E-state index in [0.29, 0.717) is 25.9 Å². The summed E-state index contributed by atoms with van der Waals surface area (Å²) < 4.78 is 5.31. The van der Waals surface area contributed by atoms with Crippen LogP contribution in [0.2, 0.25) is 0 Å². The molecule has 0 spiro atoms. The first-order valence-corrected chi connectivity index (χ1v) is 7.42. The van der Waals surface area contributed by atoms with E-state index in [1.165, 1.54) is 0 Å². The Hall–Kier alpha value is -2.54. The minimum absolute atomic E-state index is 0.0444. The van der Waals surface area contributed by atoms with Crippen LogP contribution in [0.25, 0.3) is 0 Å². The van der Waals surface area contributed by atoms with Crippen molar-refractivity contribution in [2.45, 2.75) is 32.2 Å². The lowest BCUT2D eigenvalue weighted by molar-refractivity contribution is -0.132. The molecule has 2 rings (SSSR count). The normalized spacial score (nSPS) is 11.6. The fourth-order valence-electron chi connectivity index (χ4n) is 2.36. The van der Waals surface area contributed by atoms with Crippen LogP contribution in [0.4, 0.5) is 0 Å². The summed E-state index contributed by atoms with van der Waals surface area (Å²) in [6, 6.07) is 15.7. The summed E-state index contributed by atoms with van der Waals surface area (Å²) in [5, 5.41) is 8.77. The van der Waals surface area contributed by atoms with Gasteiger partial charge in [-0.1, -0.05) is 37.3 Å². The van der Waals surface area contributed by atoms with E-state index >= 15 is 0 Å². The Labute approximate surface area is 131 Å². The molecule has 0 saturated heterocycles. The molecule has 2 aromatic rings. The van der Waals surface area contributed by atoms with Crippen molar-refractivity contribution < 1.29 is 9.21 Å². The van der Waals surface area contributed by atoms with Gasteiger partial charge in [-0.25, -0.2) is 0 Å². The van der Waals surface area contributed by atoms with E-state index in [0.717, 1.165) is 11.3 Å². The lowest BCUT2D eigenvalue weighted by Crippen LogP contribution is -2.32. The Morgan fingerprint density at radius 3 is 2.68 bits per heavy atom. The van der Waals surface area contributed by atoms with Gasteiger partial charge in [0, 0.05) is 13.0 Å². The third-order valence-electron chi connectivity index (χ3n) is 3.62. The largest absolute Gasteiger partial charge is 0.467 e. The molecule has 4 nitrogen and oxygen atoms in total. The van der Waals surface area contributed by atoms with Crippen LogP contribution in [0.15, 0.2) is 53.1 Å². The number of hydrogen-bond acceptors (Lipinski definition) is 3. The molecule has 1 heterocycles. The Morgan fingerprint density at radius 1 is 1.27 bits per heavy atom. The molecule has 4 heteroatoms. The van der Waals surface area contributed by atoms with Gasteiger partial charge in [-0.05, 0) is 23.6 Å². The topological polar surface area (TPSA) is 57.2 Å². The van der Waals surface area contributed by atoms with Gasteiger partial charge in [0.25, 0.3) is 0 Å². The number of amides is 1. The van der Waals surface area contributed by atoms with Crippen molar-refractivity contribution >= 4 is 5.91 Å². The van der Waals surface area contributed by atoms with Gasteiger partial charge in [-0.15, -0.1) is 0 Å². The predicted molar refractivity (Wildman–Crippen MR) is 83.8 cm³/mol. The zero-order chi connectivity index (χ0) is 15.8. The first-order valence-electron chi connectivity index (χ1n) is 7.42. The van der Waals surface area contributed by atoms with Crippen LogP contribution in [-0.2, 0) is 11.3 Å². The summed E-state index contributed by atoms with van der Waals surface area (Å²) in [5.74, 6) is 0.927. The fraction of sp³-hybridized carbons (Fsp3) is 0.333. The number of nitriles is 1. The highest BCUT2D eigenvalue weighted by atomic mass is 16.3. The Morgan fingerprint density at radius 2 is 2.05 bits per heavy atom. The molecule has 0 aliphatic carbocycles. The SMILES string of the molecule is CC(CC(=O)N(CCC#N)Cc1ccco1)c1ccccc1. The minimum Gasteiger partial charge on any atom is -0.467 e. The molecule has 0 radical (unpaired) electrons. The van der Waals surface area contributed by atoms with E-state index in [4.69, 9.17) is 9.68 Å². The van der Waals surface area contributed by atoms with Crippen molar-refractivity contribution in [3.05, 3.63) is 60.1 Å². The Balaban J connectivity index is 2.00. The summed E-state index contributed by atoms with van der Waals surface area (Å²) >= 11 is 0. The summed E-state index contributed by atoms with van der Waals surface area (Å²) in [6.07, 6.45) is 2.34. The summed E-state index contributed by atoms with van der Waals surface area (Å²) in [6.45, 7) is 2.88. The van der Waals surface area contributed by atoms with Crippen LogP contribution >= 0.6 is 0 Å². The smallest absolute Gasteiger partial charge is 0.223 e. The number of nitrogens with zero attached hydrogens (tertiary/aromatic N) is 2. The highest BCUT2D eigenvalue weighted by Crippen LogP contribution is 2.20. The quantitative estimate of drug-likeness (QED) is 0.782. The monoisotopic (exact) mass is 296 g/mol. The van der Waals surface area contributed by atoms with Gasteiger partial charge in [-0.3, -0.25) is 4.79 Å². The van der Waals surface area contributed by atoms with Crippen molar-refractivity contribution in [1.29, 1.82) is 5.26 Å². The second kappa shape index (κ2) is 8.04. The maximum Gasteiger partial charge on any atom is 0.223 e. The standard InChI is InChI=1S/C18H20N2O2/c1-15(16-7-3-2-4-8-16)13-18(21)20(11-6-10-19)14-17-9-5-12-22-17/h2-5,7-9,12,15H,6,11,13-14H2,1H3. The number of hydrogen-bond donors (Lipinski definition) is 0. The van der Waals surface area contributed by atoms with E-state index in [1.807, 2.05) is 43.3 Å². The highest BCUT2D eigenvalue weighted by Gasteiger charge is 2.18. The molecule has 0 saturated carbocycles. The van der Waals surface area contributed by atoms with Gasteiger partial charge >= 0.3 is 0 Å². The van der Waals surface area contributed by atoms with E-state index < -0.39 is 0 Å². The Kier molecular flexibility index (Phi) is 5.79. The van der Waals surface area contributed by atoms with Crippen molar-refractivity contribution in [2.24, 2.45) is 0 Å². The Bertz CT molecular complexity index is 614. The van der Waals surface area contributed by atoms with Gasteiger partial charge in [0.15, 0.2) is 0 Å². The maximum atomic E-state index is 12.5. The fourth-order valence-corrected chi connectivity index (χ4v) is 2.36. The van der Waals surface area contributed by atoms with Gasteiger partial charge in [0.05, 0.1) is 25.3 Å². The number of carbonyl (C=O) groups is 1. The number of carbonyl (C=O) groups excluding carboxylic acids is 1. The summed E-state index contributed by atoms with van der Waals surface area (Å²) in [4.78, 5) is 14.2. The first kappa shape index (κ1) is 15.8. The van der Waals surface area contributed by atoms with E-state index in [2.05, 4.69) is 6.07 Å². The molecular formula is C18H20N2O2. The molecule has 0 fully saturated rings. The maximum absolute atomic E-state index is 12.5. The van der Waals surface area contributed by atoms with Gasteiger partial charge in [0.2, 0.25) is 5.91 Å². The van der Waals surface area contributed by atoms with Crippen molar-refractivity contribution in [2.75, 3.05) is 6.54 Å². The van der Waals surface area contributed by atoms with Crippen molar-refractivity contribution in [3.63, 3.8) is 0 Å². The van der Waals surface area contributed by atoms with Crippen LogP contribution in [0, 0.1) is 11.3 Å². The molecule has 0 aliphatic heterocycles. The molecule has 0 bridgehead atoms. The van der Waals surface area contributed by atoms with Crippen LogP contribution in [0.3, 0.4) is 0 Å². The summed E-state index contributed by atoms with van der Waals surface area (Å²) in [5.41, 5.74) is 1.15. The second-order valence-electron chi connectivity index (χ2n) is 5.32. The third-order valence-corrected chi connectivity index (χ3v) is 3.62. The van der Waals surface area contributed by atoms with Gasteiger partial charge < -0.3 is 9.32 Å². The number of rotatable bonds is 7. The van der Waals surface area contributed by atoms with Gasteiger partial charge in [0.1, 0.15) is 5.76 Å². The summed E-state index contributed by atoms with van der Waals surface area (Å²) in [7, 11) is 0. The van der Waals surface area contributed by atoms with Crippen molar-refractivity contribution in [1.82, 2.24) is 4.90 Å². The molecule has 0 N–H and O–H groups in total. The molecule has 1 aromatic heterocycles. The molecule has 114 valence electrons. The molecule has 1 unspecified atom stereocenters.